The number of benzene rings is 2. The molecular weight excluding hydrogens is 288 g/mol. The molecule has 6 heteroatoms. The molecule has 2 aromatic carbocycles. The lowest BCUT2D eigenvalue weighted by Gasteiger charge is -2.30. The van der Waals surface area contributed by atoms with E-state index in [1.807, 2.05) is 0 Å². The third-order valence-corrected chi connectivity index (χ3v) is 3.52. The number of hydrogen-bond donors (Lipinski definition) is 1. The van der Waals surface area contributed by atoms with Gasteiger partial charge in [0.15, 0.2) is 0 Å². The van der Waals surface area contributed by atoms with E-state index < -0.39 is 17.2 Å². The van der Waals surface area contributed by atoms with E-state index >= 15 is 0 Å². The topological polar surface area (TPSA) is 50.9 Å². The zero-order valence-corrected chi connectivity index (χ0v) is 11.5. The molecule has 0 aliphatic carbocycles. The first kappa shape index (κ1) is 14.3. The first-order chi connectivity index (χ1) is 10.6. The van der Waals surface area contributed by atoms with E-state index in [1.165, 1.54) is 53.6 Å². The van der Waals surface area contributed by atoms with Crippen LogP contribution in [0.5, 0.6) is 0 Å². The Morgan fingerprint density at radius 1 is 0.955 bits per heavy atom. The van der Waals surface area contributed by atoms with E-state index in [0.717, 1.165) is 0 Å². The SMILES string of the molecule is OC(Cn1cnnc1)(c1ccc(F)cc1)c1ccccc1F. The van der Waals surface area contributed by atoms with Gasteiger partial charge in [-0.25, -0.2) is 8.78 Å². The highest BCUT2D eigenvalue weighted by Gasteiger charge is 2.34. The summed E-state index contributed by atoms with van der Waals surface area (Å²) < 4.78 is 28.9. The molecule has 0 saturated heterocycles. The van der Waals surface area contributed by atoms with Crippen molar-refractivity contribution in [1.29, 1.82) is 0 Å². The van der Waals surface area contributed by atoms with E-state index in [2.05, 4.69) is 10.2 Å². The number of nitrogens with zero attached hydrogens (tertiary/aromatic N) is 3. The molecule has 0 saturated carbocycles. The lowest BCUT2D eigenvalue weighted by atomic mass is 9.85. The molecule has 0 aliphatic rings. The third-order valence-electron chi connectivity index (χ3n) is 3.52. The third kappa shape index (κ3) is 2.60. The standard InChI is InChI=1S/C16H13F2N3O/c17-13-7-5-12(6-8-13)16(22,9-21-10-19-20-11-21)14-3-1-2-4-15(14)18/h1-8,10-11,22H,9H2. The number of halogens is 2. The summed E-state index contributed by atoms with van der Waals surface area (Å²) >= 11 is 0. The molecule has 3 aromatic rings. The van der Waals surface area contributed by atoms with Crippen LogP contribution in [-0.4, -0.2) is 19.9 Å². The quantitative estimate of drug-likeness (QED) is 0.805. The van der Waals surface area contributed by atoms with Crippen LogP contribution in [0.25, 0.3) is 0 Å². The van der Waals surface area contributed by atoms with Gasteiger partial charge in [-0.15, -0.1) is 10.2 Å². The Kier molecular flexibility index (Phi) is 3.68. The minimum atomic E-state index is -1.67. The van der Waals surface area contributed by atoms with Crippen LogP contribution in [0.1, 0.15) is 11.1 Å². The van der Waals surface area contributed by atoms with E-state index in [-0.39, 0.29) is 12.1 Å². The van der Waals surface area contributed by atoms with Gasteiger partial charge in [0.2, 0.25) is 0 Å². The largest absolute Gasteiger partial charge is 0.378 e. The molecule has 0 fully saturated rings. The molecule has 1 heterocycles. The molecular formula is C16H13F2N3O. The molecule has 22 heavy (non-hydrogen) atoms. The van der Waals surface area contributed by atoms with E-state index in [9.17, 15) is 13.9 Å². The number of aromatic nitrogens is 3. The average Bonchev–Trinajstić information content (AvgIpc) is 3.01. The predicted octanol–water partition coefficient (Wildman–Crippen LogP) is 2.49. The Labute approximate surface area is 125 Å². The highest BCUT2D eigenvalue weighted by atomic mass is 19.1. The molecule has 3 rings (SSSR count). The van der Waals surface area contributed by atoms with Crippen molar-refractivity contribution in [3.63, 3.8) is 0 Å². The van der Waals surface area contributed by atoms with Gasteiger partial charge in [0.1, 0.15) is 29.9 Å². The van der Waals surface area contributed by atoms with E-state index in [4.69, 9.17) is 0 Å². The maximum absolute atomic E-state index is 14.2. The number of rotatable bonds is 4. The monoisotopic (exact) mass is 301 g/mol. The summed E-state index contributed by atoms with van der Waals surface area (Å²) in [5, 5.41) is 18.5. The molecule has 1 unspecified atom stereocenters. The fourth-order valence-electron chi connectivity index (χ4n) is 2.42. The Morgan fingerprint density at radius 2 is 1.59 bits per heavy atom. The van der Waals surface area contributed by atoms with Crippen molar-refractivity contribution in [2.75, 3.05) is 0 Å². The van der Waals surface area contributed by atoms with Crippen molar-refractivity contribution in [1.82, 2.24) is 14.8 Å². The summed E-state index contributed by atoms with van der Waals surface area (Å²) in [5.74, 6) is -0.966. The highest BCUT2D eigenvalue weighted by Crippen LogP contribution is 2.33. The Balaban J connectivity index is 2.13. The van der Waals surface area contributed by atoms with Crippen molar-refractivity contribution >= 4 is 0 Å². The molecule has 112 valence electrons. The van der Waals surface area contributed by atoms with Crippen molar-refractivity contribution in [3.8, 4) is 0 Å². The van der Waals surface area contributed by atoms with Crippen LogP contribution in [0.3, 0.4) is 0 Å². The molecule has 1 aromatic heterocycles. The van der Waals surface area contributed by atoms with Gasteiger partial charge >= 0.3 is 0 Å². The summed E-state index contributed by atoms with van der Waals surface area (Å²) in [6, 6.07) is 11.3. The number of aliphatic hydroxyl groups is 1. The van der Waals surface area contributed by atoms with E-state index in [0.29, 0.717) is 5.56 Å². The summed E-state index contributed by atoms with van der Waals surface area (Å²) in [7, 11) is 0. The van der Waals surface area contributed by atoms with Crippen LogP contribution in [0, 0.1) is 11.6 Å². The van der Waals surface area contributed by atoms with Gasteiger partial charge in [-0.3, -0.25) is 0 Å². The van der Waals surface area contributed by atoms with Crippen LogP contribution < -0.4 is 0 Å². The van der Waals surface area contributed by atoms with Crippen molar-refractivity contribution in [2.24, 2.45) is 0 Å². The molecule has 0 radical (unpaired) electrons. The lowest BCUT2D eigenvalue weighted by Crippen LogP contribution is -2.33. The van der Waals surface area contributed by atoms with Gasteiger partial charge in [0.05, 0.1) is 6.54 Å². The average molecular weight is 301 g/mol. The second-order valence-corrected chi connectivity index (χ2v) is 4.98. The normalized spacial score (nSPS) is 13.8. The van der Waals surface area contributed by atoms with Gasteiger partial charge in [-0.05, 0) is 23.8 Å². The summed E-state index contributed by atoms with van der Waals surface area (Å²) in [6.07, 6.45) is 2.85. The second-order valence-electron chi connectivity index (χ2n) is 4.98. The molecule has 1 atom stereocenters. The highest BCUT2D eigenvalue weighted by molar-refractivity contribution is 5.36. The van der Waals surface area contributed by atoms with Crippen LogP contribution in [0.15, 0.2) is 61.2 Å². The zero-order chi connectivity index (χ0) is 15.6. The fraction of sp³-hybridized carbons (Fsp3) is 0.125. The molecule has 0 amide bonds. The maximum atomic E-state index is 14.2. The van der Waals surface area contributed by atoms with Gasteiger partial charge in [0, 0.05) is 5.56 Å². The second kappa shape index (κ2) is 5.65. The smallest absolute Gasteiger partial charge is 0.135 e. The van der Waals surface area contributed by atoms with Crippen molar-refractivity contribution < 1.29 is 13.9 Å². The Bertz CT molecular complexity index is 759. The van der Waals surface area contributed by atoms with E-state index in [1.54, 1.807) is 12.1 Å². The van der Waals surface area contributed by atoms with Crippen LogP contribution in [0.4, 0.5) is 8.78 Å². The first-order valence-corrected chi connectivity index (χ1v) is 6.65. The van der Waals surface area contributed by atoms with Crippen molar-refractivity contribution in [2.45, 2.75) is 12.1 Å². The van der Waals surface area contributed by atoms with Gasteiger partial charge in [-0.2, -0.15) is 0 Å². The zero-order valence-electron chi connectivity index (χ0n) is 11.5. The minimum Gasteiger partial charge on any atom is -0.378 e. The number of hydrogen-bond acceptors (Lipinski definition) is 3. The van der Waals surface area contributed by atoms with Crippen molar-refractivity contribution in [3.05, 3.63) is 83.9 Å². The lowest BCUT2D eigenvalue weighted by molar-refractivity contribution is 0.0573. The molecule has 1 N–H and O–H groups in total. The molecule has 4 nitrogen and oxygen atoms in total. The Hall–Kier alpha value is -2.60. The summed E-state index contributed by atoms with van der Waals surface area (Å²) in [4.78, 5) is 0. The molecule has 0 bridgehead atoms. The van der Waals surface area contributed by atoms with Crippen LogP contribution >= 0.6 is 0 Å². The van der Waals surface area contributed by atoms with Gasteiger partial charge in [0.25, 0.3) is 0 Å². The van der Waals surface area contributed by atoms with Crippen LogP contribution in [-0.2, 0) is 12.1 Å². The first-order valence-electron chi connectivity index (χ1n) is 6.65. The minimum absolute atomic E-state index is 0.00651. The summed E-state index contributed by atoms with van der Waals surface area (Å²) in [6.45, 7) is 0.00651. The fourth-order valence-corrected chi connectivity index (χ4v) is 2.42. The maximum Gasteiger partial charge on any atom is 0.135 e. The molecule has 0 spiro atoms. The van der Waals surface area contributed by atoms with Gasteiger partial charge in [-0.1, -0.05) is 30.3 Å². The predicted molar refractivity (Wildman–Crippen MR) is 75.8 cm³/mol. The van der Waals surface area contributed by atoms with Crippen LogP contribution in [0.2, 0.25) is 0 Å². The Morgan fingerprint density at radius 3 is 2.23 bits per heavy atom. The molecule has 0 aliphatic heterocycles. The van der Waals surface area contributed by atoms with Gasteiger partial charge < -0.3 is 9.67 Å². The summed E-state index contributed by atoms with van der Waals surface area (Å²) in [5.41, 5.74) is -1.18.